The maximum atomic E-state index is 14.3. The number of halogens is 2. The van der Waals surface area contributed by atoms with Crippen molar-refractivity contribution < 1.29 is 27.5 Å². The lowest BCUT2D eigenvalue weighted by molar-refractivity contribution is -0.140. The first kappa shape index (κ1) is 34.0. The molecule has 0 heterocycles. The first-order chi connectivity index (χ1) is 20.3. The van der Waals surface area contributed by atoms with Gasteiger partial charge in [-0.15, -0.1) is 0 Å². The van der Waals surface area contributed by atoms with Gasteiger partial charge in [0.25, 0.3) is 10.0 Å². The summed E-state index contributed by atoms with van der Waals surface area (Å²) in [6.45, 7) is 6.61. The molecule has 0 radical (unpaired) electrons. The average Bonchev–Trinajstić information content (AvgIpc) is 2.96. The normalized spacial score (nSPS) is 12.0. The van der Waals surface area contributed by atoms with Crippen LogP contribution >= 0.6 is 23.2 Å². The number of methoxy groups -OCH3 is 2. The second-order valence-corrected chi connectivity index (χ2v) is 12.9. The number of anilines is 1. The zero-order valence-corrected chi connectivity index (χ0v) is 27.4. The maximum absolute atomic E-state index is 14.3. The molecule has 0 saturated carbocycles. The Morgan fingerprint density at radius 2 is 1.60 bits per heavy atom. The second kappa shape index (κ2) is 14.8. The van der Waals surface area contributed by atoms with Crippen LogP contribution in [0.2, 0.25) is 10.0 Å². The van der Waals surface area contributed by atoms with Gasteiger partial charge in [-0.2, -0.15) is 0 Å². The highest BCUT2D eigenvalue weighted by Gasteiger charge is 2.35. The van der Waals surface area contributed by atoms with Crippen LogP contribution in [0.15, 0.2) is 65.6 Å². The molecule has 12 heteroatoms. The number of nitrogens with one attached hydrogen (secondary N) is 1. The predicted molar refractivity (Wildman–Crippen MR) is 170 cm³/mol. The molecule has 3 aromatic carbocycles. The second-order valence-electron chi connectivity index (χ2n) is 10.2. The molecule has 1 atom stereocenters. The van der Waals surface area contributed by atoms with Crippen LogP contribution < -0.4 is 19.1 Å². The quantitative estimate of drug-likeness (QED) is 0.249. The van der Waals surface area contributed by atoms with Gasteiger partial charge in [0.05, 0.1) is 34.8 Å². The lowest BCUT2D eigenvalue weighted by atomic mass is 10.1. The molecular weight excluding hydrogens is 613 g/mol. The van der Waals surface area contributed by atoms with Crippen LogP contribution in [-0.4, -0.2) is 58.0 Å². The number of carbonyl (C=O) groups is 2. The molecule has 1 unspecified atom stereocenters. The summed E-state index contributed by atoms with van der Waals surface area (Å²) in [5.74, 6) is -0.400. The molecule has 0 fully saturated rings. The Kier molecular flexibility index (Phi) is 11.7. The molecule has 232 valence electrons. The minimum atomic E-state index is -4.30. The van der Waals surface area contributed by atoms with Gasteiger partial charge in [-0.25, -0.2) is 8.42 Å². The van der Waals surface area contributed by atoms with Gasteiger partial charge in [0, 0.05) is 18.7 Å². The zero-order valence-electron chi connectivity index (χ0n) is 25.1. The van der Waals surface area contributed by atoms with Crippen LogP contribution in [0, 0.1) is 6.92 Å². The third-order valence-corrected chi connectivity index (χ3v) is 9.21. The standard InChI is InChI=1S/C31H37Cl2N3O6S/c1-7-27(31(38)34-20(2)3)35(18-22-10-14-25(32)26(33)16-22)30(37)19-36(28-17-23(41-5)11-15-29(28)42-6)43(39,40)24-12-8-21(4)9-13-24/h8-17,20,27H,7,18-19H2,1-6H3,(H,34,38). The Morgan fingerprint density at radius 3 is 2.16 bits per heavy atom. The SMILES string of the molecule is CCC(C(=O)NC(C)C)N(Cc1ccc(Cl)c(Cl)c1)C(=O)CN(c1cc(OC)ccc1OC)S(=O)(=O)c1ccc(C)cc1. The smallest absolute Gasteiger partial charge is 0.264 e. The molecule has 1 N–H and O–H groups in total. The summed E-state index contributed by atoms with van der Waals surface area (Å²) in [6, 6.07) is 14.8. The van der Waals surface area contributed by atoms with E-state index in [0.29, 0.717) is 16.3 Å². The Morgan fingerprint density at radius 1 is 0.930 bits per heavy atom. The van der Waals surface area contributed by atoms with E-state index in [4.69, 9.17) is 32.7 Å². The molecule has 2 amide bonds. The van der Waals surface area contributed by atoms with Gasteiger partial charge >= 0.3 is 0 Å². The average molecular weight is 651 g/mol. The van der Waals surface area contributed by atoms with Crippen molar-refractivity contribution in [2.75, 3.05) is 25.1 Å². The van der Waals surface area contributed by atoms with Crippen LogP contribution in [0.25, 0.3) is 0 Å². The molecule has 43 heavy (non-hydrogen) atoms. The largest absolute Gasteiger partial charge is 0.497 e. The van der Waals surface area contributed by atoms with Crippen molar-refractivity contribution in [2.45, 2.75) is 57.6 Å². The predicted octanol–water partition coefficient (Wildman–Crippen LogP) is 5.85. The van der Waals surface area contributed by atoms with Gasteiger partial charge in [-0.05, 0) is 69.2 Å². The number of nitrogens with zero attached hydrogens (tertiary/aromatic N) is 2. The number of carbonyl (C=O) groups excluding carboxylic acids is 2. The van der Waals surface area contributed by atoms with Crippen LogP contribution in [0.4, 0.5) is 5.69 Å². The highest BCUT2D eigenvalue weighted by atomic mass is 35.5. The van der Waals surface area contributed by atoms with E-state index < -0.39 is 28.5 Å². The molecule has 3 aromatic rings. The van der Waals surface area contributed by atoms with Crippen LogP contribution in [0.3, 0.4) is 0 Å². The minimum Gasteiger partial charge on any atom is -0.497 e. The lowest BCUT2D eigenvalue weighted by Crippen LogP contribution is -2.53. The fourth-order valence-electron chi connectivity index (χ4n) is 4.48. The first-order valence-corrected chi connectivity index (χ1v) is 15.9. The molecular formula is C31H37Cl2N3O6S. The van der Waals surface area contributed by atoms with Gasteiger partial charge in [0.2, 0.25) is 11.8 Å². The van der Waals surface area contributed by atoms with Gasteiger partial charge in [0.1, 0.15) is 24.1 Å². The molecule has 0 aromatic heterocycles. The highest BCUT2D eigenvalue weighted by Crippen LogP contribution is 2.36. The molecule has 0 spiro atoms. The summed E-state index contributed by atoms with van der Waals surface area (Å²) in [6.07, 6.45) is 0.277. The number of benzene rings is 3. The van der Waals surface area contributed by atoms with E-state index in [-0.39, 0.29) is 46.3 Å². The van der Waals surface area contributed by atoms with E-state index in [9.17, 15) is 18.0 Å². The molecule has 0 saturated heterocycles. The third-order valence-electron chi connectivity index (χ3n) is 6.70. The fourth-order valence-corrected chi connectivity index (χ4v) is 6.21. The van der Waals surface area contributed by atoms with E-state index in [0.717, 1.165) is 9.87 Å². The van der Waals surface area contributed by atoms with E-state index >= 15 is 0 Å². The number of sulfonamides is 1. The summed E-state index contributed by atoms with van der Waals surface area (Å²) in [7, 11) is -1.44. The lowest BCUT2D eigenvalue weighted by Gasteiger charge is -2.34. The van der Waals surface area contributed by atoms with Crippen LogP contribution in [0.1, 0.15) is 38.3 Å². The summed E-state index contributed by atoms with van der Waals surface area (Å²) < 4.78 is 40.2. The van der Waals surface area contributed by atoms with E-state index in [1.54, 1.807) is 49.4 Å². The zero-order chi connectivity index (χ0) is 31.9. The summed E-state index contributed by atoms with van der Waals surface area (Å²) >= 11 is 12.4. The summed E-state index contributed by atoms with van der Waals surface area (Å²) in [4.78, 5) is 28.9. The minimum absolute atomic E-state index is 0.0172. The Hall–Kier alpha value is -3.47. The van der Waals surface area contributed by atoms with E-state index in [2.05, 4.69) is 5.32 Å². The van der Waals surface area contributed by atoms with Crippen LogP contribution in [0.5, 0.6) is 11.5 Å². The molecule has 0 aliphatic heterocycles. The molecule has 0 bridgehead atoms. The summed E-state index contributed by atoms with van der Waals surface area (Å²) in [5.41, 5.74) is 1.59. The van der Waals surface area contributed by atoms with Gasteiger partial charge < -0.3 is 19.7 Å². The third kappa shape index (κ3) is 8.34. The number of aryl methyl sites for hydroxylation is 1. The van der Waals surface area contributed by atoms with Crippen molar-refractivity contribution in [3.8, 4) is 11.5 Å². The number of hydrogen-bond donors (Lipinski definition) is 1. The van der Waals surface area contributed by atoms with Crippen molar-refractivity contribution in [3.05, 3.63) is 81.8 Å². The van der Waals surface area contributed by atoms with Crippen LogP contribution in [-0.2, 0) is 26.2 Å². The van der Waals surface area contributed by atoms with Crippen molar-refractivity contribution >= 4 is 50.7 Å². The number of amides is 2. The number of ether oxygens (including phenoxy) is 2. The maximum Gasteiger partial charge on any atom is 0.264 e. The Bertz CT molecular complexity index is 1550. The molecule has 0 aliphatic rings. The monoisotopic (exact) mass is 649 g/mol. The Balaban J connectivity index is 2.17. The molecule has 3 rings (SSSR count). The van der Waals surface area contributed by atoms with Crippen molar-refractivity contribution in [1.82, 2.24) is 10.2 Å². The number of rotatable bonds is 13. The fraction of sp³-hybridized carbons (Fsp3) is 0.355. The first-order valence-electron chi connectivity index (χ1n) is 13.7. The summed E-state index contributed by atoms with van der Waals surface area (Å²) in [5, 5.41) is 3.50. The van der Waals surface area contributed by atoms with Gasteiger partial charge in [0.15, 0.2) is 0 Å². The van der Waals surface area contributed by atoms with E-state index in [1.807, 2.05) is 20.8 Å². The van der Waals surface area contributed by atoms with E-state index in [1.165, 1.54) is 37.3 Å². The molecule has 9 nitrogen and oxygen atoms in total. The van der Waals surface area contributed by atoms with Gasteiger partial charge in [-0.1, -0.05) is 53.9 Å². The molecule has 0 aliphatic carbocycles. The van der Waals surface area contributed by atoms with Crippen molar-refractivity contribution in [1.29, 1.82) is 0 Å². The van der Waals surface area contributed by atoms with Crippen molar-refractivity contribution in [2.24, 2.45) is 0 Å². The van der Waals surface area contributed by atoms with Crippen molar-refractivity contribution in [3.63, 3.8) is 0 Å². The van der Waals surface area contributed by atoms with Gasteiger partial charge in [-0.3, -0.25) is 13.9 Å². The Labute approximate surface area is 263 Å². The topological polar surface area (TPSA) is 105 Å². The highest BCUT2D eigenvalue weighted by molar-refractivity contribution is 7.92. The number of hydrogen-bond acceptors (Lipinski definition) is 6.